The maximum atomic E-state index is 9.21. The van der Waals surface area contributed by atoms with Crippen LogP contribution in [-0.2, 0) is 0 Å². The van der Waals surface area contributed by atoms with E-state index in [1.807, 2.05) is 18.2 Å². The normalized spacial score (nSPS) is 15.2. The van der Waals surface area contributed by atoms with Crippen LogP contribution >= 0.6 is 11.3 Å². The number of aliphatic hydroxyl groups excluding tert-OH is 1. The standard InChI is InChI=1S/C12H16N2OS/c1-8(15)7-13-9(2)12-14-10-5-3-4-6-11(10)16-12/h3-6,8-9,13,15H,7H2,1-2H3/t8-,9?/m1/s1. The van der Waals surface area contributed by atoms with E-state index >= 15 is 0 Å². The van der Waals surface area contributed by atoms with Crippen molar-refractivity contribution in [2.24, 2.45) is 0 Å². The molecule has 4 heteroatoms. The number of benzene rings is 1. The fraction of sp³-hybridized carbons (Fsp3) is 0.417. The molecule has 0 amide bonds. The Hall–Kier alpha value is -0.970. The van der Waals surface area contributed by atoms with Gasteiger partial charge in [-0.1, -0.05) is 12.1 Å². The van der Waals surface area contributed by atoms with Crippen LogP contribution in [0.1, 0.15) is 24.9 Å². The molecule has 0 aliphatic carbocycles. The molecular formula is C12H16N2OS. The molecule has 3 nitrogen and oxygen atoms in total. The van der Waals surface area contributed by atoms with E-state index in [9.17, 15) is 5.11 Å². The molecule has 0 spiro atoms. The fourth-order valence-corrected chi connectivity index (χ4v) is 2.50. The van der Waals surface area contributed by atoms with E-state index in [0.29, 0.717) is 6.54 Å². The van der Waals surface area contributed by atoms with Gasteiger partial charge in [0, 0.05) is 6.54 Å². The van der Waals surface area contributed by atoms with Gasteiger partial charge in [0.1, 0.15) is 5.01 Å². The summed E-state index contributed by atoms with van der Waals surface area (Å²) in [5, 5.41) is 13.5. The van der Waals surface area contributed by atoms with E-state index in [2.05, 4.69) is 23.3 Å². The van der Waals surface area contributed by atoms with Crippen molar-refractivity contribution in [2.45, 2.75) is 26.0 Å². The quantitative estimate of drug-likeness (QED) is 0.856. The molecule has 0 aliphatic rings. The van der Waals surface area contributed by atoms with Gasteiger partial charge >= 0.3 is 0 Å². The van der Waals surface area contributed by atoms with Crippen LogP contribution in [0.4, 0.5) is 0 Å². The van der Waals surface area contributed by atoms with E-state index in [0.717, 1.165) is 10.5 Å². The van der Waals surface area contributed by atoms with Crippen LogP contribution < -0.4 is 5.32 Å². The van der Waals surface area contributed by atoms with Gasteiger partial charge in [-0.15, -0.1) is 11.3 Å². The number of thiazole rings is 1. The fourth-order valence-electron chi connectivity index (χ4n) is 1.51. The van der Waals surface area contributed by atoms with Gasteiger partial charge < -0.3 is 10.4 Å². The highest BCUT2D eigenvalue weighted by Crippen LogP contribution is 2.25. The lowest BCUT2D eigenvalue weighted by atomic mass is 10.3. The molecule has 0 saturated heterocycles. The van der Waals surface area contributed by atoms with Crippen molar-refractivity contribution in [3.8, 4) is 0 Å². The Morgan fingerprint density at radius 2 is 2.12 bits per heavy atom. The first kappa shape index (κ1) is 11.5. The summed E-state index contributed by atoms with van der Waals surface area (Å²) in [4.78, 5) is 4.56. The van der Waals surface area contributed by atoms with Crippen LogP contribution in [0.5, 0.6) is 0 Å². The van der Waals surface area contributed by atoms with Crippen molar-refractivity contribution in [3.63, 3.8) is 0 Å². The highest BCUT2D eigenvalue weighted by atomic mass is 32.1. The van der Waals surface area contributed by atoms with Crippen LogP contribution in [0.2, 0.25) is 0 Å². The highest BCUT2D eigenvalue weighted by Gasteiger charge is 2.11. The number of nitrogens with one attached hydrogen (secondary N) is 1. The molecule has 1 unspecified atom stereocenters. The van der Waals surface area contributed by atoms with E-state index < -0.39 is 0 Å². The molecule has 2 aromatic rings. The molecule has 0 fully saturated rings. The maximum absolute atomic E-state index is 9.21. The summed E-state index contributed by atoms with van der Waals surface area (Å²) in [5.41, 5.74) is 1.05. The monoisotopic (exact) mass is 236 g/mol. The Morgan fingerprint density at radius 3 is 2.81 bits per heavy atom. The molecule has 16 heavy (non-hydrogen) atoms. The molecule has 1 heterocycles. The summed E-state index contributed by atoms with van der Waals surface area (Å²) >= 11 is 1.70. The third-order valence-corrected chi connectivity index (χ3v) is 3.62. The first-order valence-corrected chi connectivity index (χ1v) is 6.25. The molecule has 0 bridgehead atoms. The average Bonchev–Trinajstić information content (AvgIpc) is 2.69. The first-order chi connectivity index (χ1) is 7.66. The van der Waals surface area contributed by atoms with E-state index in [4.69, 9.17) is 0 Å². The smallest absolute Gasteiger partial charge is 0.111 e. The van der Waals surface area contributed by atoms with Gasteiger partial charge in [-0.3, -0.25) is 0 Å². The summed E-state index contributed by atoms with van der Waals surface area (Å²) in [7, 11) is 0. The number of aliphatic hydroxyl groups is 1. The third kappa shape index (κ3) is 2.58. The van der Waals surface area contributed by atoms with Crippen LogP contribution in [-0.4, -0.2) is 22.7 Å². The zero-order valence-electron chi connectivity index (χ0n) is 9.47. The average molecular weight is 236 g/mol. The number of aromatic nitrogens is 1. The van der Waals surface area contributed by atoms with Crippen LogP contribution in [0.15, 0.2) is 24.3 Å². The Balaban J connectivity index is 2.13. The largest absolute Gasteiger partial charge is 0.392 e. The van der Waals surface area contributed by atoms with Gasteiger partial charge in [0.25, 0.3) is 0 Å². The third-order valence-electron chi connectivity index (χ3n) is 2.40. The van der Waals surface area contributed by atoms with E-state index in [1.54, 1.807) is 18.3 Å². The highest BCUT2D eigenvalue weighted by molar-refractivity contribution is 7.18. The number of fused-ring (bicyclic) bond motifs is 1. The minimum absolute atomic E-state index is 0.187. The van der Waals surface area contributed by atoms with Crippen molar-refractivity contribution >= 4 is 21.6 Å². The Bertz CT molecular complexity index is 434. The second-order valence-electron chi connectivity index (χ2n) is 4.00. The summed E-state index contributed by atoms with van der Waals surface area (Å²) in [6.07, 6.45) is -0.322. The van der Waals surface area contributed by atoms with Gasteiger partial charge in [0.2, 0.25) is 0 Å². The molecule has 0 aliphatic heterocycles. The van der Waals surface area contributed by atoms with Gasteiger partial charge in [0.05, 0.1) is 22.4 Å². The van der Waals surface area contributed by atoms with Crippen LogP contribution in [0.25, 0.3) is 10.2 Å². The molecule has 2 N–H and O–H groups in total. The van der Waals surface area contributed by atoms with Gasteiger partial charge in [-0.05, 0) is 26.0 Å². The molecule has 2 rings (SSSR count). The molecular weight excluding hydrogens is 220 g/mol. The zero-order valence-corrected chi connectivity index (χ0v) is 10.3. The van der Waals surface area contributed by atoms with Gasteiger partial charge in [-0.2, -0.15) is 0 Å². The lowest BCUT2D eigenvalue weighted by Gasteiger charge is -2.12. The zero-order chi connectivity index (χ0) is 11.5. The number of rotatable bonds is 4. The lowest BCUT2D eigenvalue weighted by Crippen LogP contribution is -2.26. The predicted octanol–water partition coefficient (Wildman–Crippen LogP) is 2.33. The minimum atomic E-state index is -0.322. The topological polar surface area (TPSA) is 45.1 Å². The summed E-state index contributed by atoms with van der Waals surface area (Å²) in [6.45, 7) is 4.44. The maximum Gasteiger partial charge on any atom is 0.111 e. The van der Waals surface area contributed by atoms with Gasteiger partial charge in [0.15, 0.2) is 0 Å². The van der Waals surface area contributed by atoms with Crippen molar-refractivity contribution in [3.05, 3.63) is 29.3 Å². The molecule has 1 aromatic heterocycles. The van der Waals surface area contributed by atoms with Crippen molar-refractivity contribution < 1.29 is 5.11 Å². The molecule has 86 valence electrons. The first-order valence-electron chi connectivity index (χ1n) is 5.43. The van der Waals surface area contributed by atoms with Crippen LogP contribution in [0.3, 0.4) is 0 Å². The summed E-state index contributed by atoms with van der Waals surface area (Å²) in [6, 6.07) is 8.32. The van der Waals surface area contributed by atoms with E-state index in [-0.39, 0.29) is 12.1 Å². The molecule has 1 aromatic carbocycles. The van der Waals surface area contributed by atoms with E-state index in [1.165, 1.54) is 4.70 Å². The Morgan fingerprint density at radius 1 is 1.38 bits per heavy atom. The minimum Gasteiger partial charge on any atom is -0.392 e. The summed E-state index contributed by atoms with van der Waals surface area (Å²) in [5.74, 6) is 0. The molecule has 0 saturated carbocycles. The predicted molar refractivity (Wildman–Crippen MR) is 67.7 cm³/mol. The van der Waals surface area contributed by atoms with Gasteiger partial charge in [-0.25, -0.2) is 4.98 Å². The molecule has 0 radical (unpaired) electrons. The second kappa shape index (κ2) is 4.91. The Labute approximate surface area is 99.1 Å². The van der Waals surface area contributed by atoms with Crippen molar-refractivity contribution in [1.82, 2.24) is 10.3 Å². The molecule has 2 atom stereocenters. The SMILES string of the molecule is CC(NC[C@@H](C)O)c1nc2ccccc2s1. The van der Waals surface area contributed by atoms with Crippen LogP contribution in [0, 0.1) is 0 Å². The van der Waals surface area contributed by atoms with Crippen molar-refractivity contribution in [1.29, 1.82) is 0 Å². The summed E-state index contributed by atoms with van der Waals surface area (Å²) < 4.78 is 1.21. The number of para-hydroxylation sites is 1. The second-order valence-corrected chi connectivity index (χ2v) is 5.06. The lowest BCUT2D eigenvalue weighted by molar-refractivity contribution is 0.187. The number of hydrogen-bond acceptors (Lipinski definition) is 4. The number of nitrogens with zero attached hydrogens (tertiary/aromatic N) is 1. The number of hydrogen-bond donors (Lipinski definition) is 2. The Kier molecular flexibility index (Phi) is 3.53. The van der Waals surface area contributed by atoms with Crippen molar-refractivity contribution in [2.75, 3.05) is 6.54 Å².